The first-order valence-corrected chi connectivity index (χ1v) is 5.94. The molecule has 5 heteroatoms. The molecule has 1 N–H and O–H groups in total. The monoisotopic (exact) mass is 234 g/mol. The van der Waals surface area contributed by atoms with E-state index in [4.69, 9.17) is 10.5 Å². The smallest absolute Gasteiger partial charge is 0.231 e. The number of hydrogen-bond donors (Lipinski definition) is 1. The molecule has 1 unspecified atom stereocenters. The first-order chi connectivity index (χ1) is 8.20. The highest BCUT2D eigenvalue weighted by molar-refractivity contribution is 5.83. The van der Waals surface area contributed by atoms with Gasteiger partial charge in [0.1, 0.15) is 13.1 Å². The molecule has 1 saturated heterocycles. The molecular formula is C12H18N4O. The Morgan fingerprint density at radius 3 is 2.47 bits per heavy atom. The van der Waals surface area contributed by atoms with Crippen molar-refractivity contribution in [3.63, 3.8) is 0 Å². The van der Waals surface area contributed by atoms with Gasteiger partial charge in [0.05, 0.1) is 17.6 Å². The van der Waals surface area contributed by atoms with Crippen LogP contribution in [0.4, 0.5) is 0 Å². The van der Waals surface area contributed by atoms with Crippen LogP contribution in [0.15, 0.2) is 0 Å². The van der Waals surface area contributed by atoms with Crippen LogP contribution >= 0.6 is 0 Å². The van der Waals surface area contributed by atoms with Gasteiger partial charge in [0.2, 0.25) is 5.91 Å². The lowest BCUT2D eigenvalue weighted by molar-refractivity contribution is -0.140. The lowest BCUT2D eigenvalue weighted by Crippen LogP contribution is -2.45. The second-order valence-corrected chi connectivity index (χ2v) is 4.43. The van der Waals surface area contributed by atoms with E-state index in [-0.39, 0.29) is 19.0 Å². The molecule has 1 heterocycles. The largest absolute Gasteiger partial charge is 0.316 e. The Balaban J connectivity index is 2.82. The van der Waals surface area contributed by atoms with Crippen LogP contribution < -0.4 is 5.32 Å². The number of hydrogen-bond acceptors (Lipinski definition) is 4. The molecule has 1 aliphatic heterocycles. The summed E-state index contributed by atoms with van der Waals surface area (Å²) in [5.74, 6) is -0.0487. The molecule has 0 aliphatic carbocycles. The minimum atomic E-state index is -0.400. The first kappa shape index (κ1) is 13.5. The van der Waals surface area contributed by atoms with E-state index in [0.717, 1.165) is 25.8 Å². The van der Waals surface area contributed by atoms with Gasteiger partial charge < -0.3 is 10.2 Å². The van der Waals surface area contributed by atoms with Crippen molar-refractivity contribution in [2.75, 3.05) is 26.2 Å². The molecule has 1 atom stereocenters. The summed E-state index contributed by atoms with van der Waals surface area (Å²) in [6.45, 7) is 3.54. The van der Waals surface area contributed by atoms with Crippen LogP contribution in [0.5, 0.6) is 0 Å². The molecular weight excluding hydrogens is 216 g/mol. The molecule has 0 saturated carbocycles. The molecule has 0 aromatic rings. The van der Waals surface area contributed by atoms with E-state index in [0.29, 0.717) is 6.54 Å². The molecule has 0 aromatic heterocycles. The fourth-order valence-corrected chi connectivity index (χ4v) is 2.43. The van der Waals surface area contributed by atoms with Crippen molar-refractivity contribution >= 4 is 5.91 Å². The molecule has 1 amide bonds. The van der Waals surface area contributed by atoms with E-state index in [2.05, 4.69) is 5.32 Å². The third-order valence-electron chi connectivity index (χ3n) is 3.24. The van der Waals surface area contributed by atoms with Gasteiger partial charge >= 0.3 is 0 Å². The highest BCUT2D eigenvalue weighted by Gasteiger charge is 2.42. The zero-order chi connectivity index (χ0) is 12.7. The summed E-state index contributed by atoms with van der Waals surface area (Å²) >= 11 is 0. The van der Waals surface area contributed by atoms with Gasteiger partial charge in [0.15, 0.2) is 0 Å². The van der Waals surface area contributed by atoms with E-state index < -0.39 is 5.41 Å². The highest BCUT2D eigenvalue weighted by atomic mass is 16.2. The first-order valence-electron chi connectivity index (χ1n) is 5.94. The number of nitriles is 2. The Morgan fingerprint density at radius 2 is 2.06 bits per heavy atom. The molecule has 17 heavy (non-hydrogen) atoms. The zero-order valence-electron chi connectivity index (χ0n) is 10.2. The number of carbonyl (C=O) groups excluding carboxylic acids is 1. The Bertz CT molecular complexity index is 330. The van der Waals surface area contributed by atoms with Crippen LogP contribution in [-0.2, 0) is 4.79 Å². The molecule has 0 spiro atoms. The van der Waals surface area contributed by atoms with E-state index >= 15 is 0 Å². The van der Waals surface area contributed by atoms with Gasteiger partial charge in [0, 0.05) is 6.54 Å². The molecule has 5 nitrogen and oxygen atoms in total. The average Bonchev–Trinajstić information content (AvgIpc) is 2.78. The molecule has 1 aliphatic rings. The van der Waals surface area contributed by atoms with E-state index in [1.54, 1.807) is 0 Å². The van der Waals surface area contributed by atoms with Gasteiger partial charge in [-0.05, 0) is 19.4 Å². The van der Waals surface area contributed by atoms with Crippen LogP contribution in [0.1, 0.15) is 26.2 Å². The fourth-order valence-electron chi connectivity index (χ4n) is 2.43. The van der Waals surface area contributed by atoms with Gasteiger partial charge in [-0.15, -0.1) is 0 Å². The lowest BCUT2D eigenvalue weighted by Gasteiger charge is -2.31. The topological polar surface area (TPSA) is 79.9 Å². The summed E-state index contributed by atoms with van der Waals surface area (Å²) in [4.78, 5) is 13.8. The Labute approximate surface area is 102 Å². The summed E-state index contributed by atoms with van der Waals surface area (Å²) in [6, 6.07) is 3.90. The lowest BCUT2D eigenvalue weighted by atomic mass is 9.81. The number of nitrogens with zero attached hydrogens (tertiary/aromatic N) is 3. The van der Waals surface area contributed by atoms with E-state index in [1.165, 1.54) is 4.90 Å². The minimum Gasteiger partial charge on any atom is -0.316 e. The Morgan fingerprint density at radius 1 is 1.41 bits per heavy atom. The summed E-state index contributed by atoms with van der Waals surface area (Å²) in [6.07, 6.45) is 2.54. The predicted molar refractivity (Wildman–Crippen MR) is 62.6 cm³/mol. The summed E-state index contributed by atoms with van der Waals surface area (Å²) in [7, 11) is 0. The van der Waals surface area contributed by atoms with Crippen molar-refractivity contribution in [2.45, 2.75) is 26.2 Å². The average molecular weight is 234 g/mol. The van der Waals surface area contributed by atoms with Gasteiger partial charge in [-0.2, -0.15) is 10.5 Å². The van der Waals surface area contributed by atoms with Crippen LogP contribution in [0, 0.1) is 28.1 Å². The van der Waals surface area contributed by atoms with Crippen LogP contribution in [0.3, 0.4) is 0 Å². The quantitative estimate of drug-likeness (QED) is 0.708. The number of carbonyl (C=O) groups is 1. The summed E-state index contributed by atoms with van der Waals surface area (Å²) in [5, 5.41) is 20.6. The number of rotatable bonds is 5. The second-order valence-electron chi connectivity index (χ2n) is 4.43. The molecule has 0 radical (unpaired) electrons. The van der Waals surface area contributed by atoms with Gasteiger partial charge in [0.25, 0.3) is 0 Å². The molecule has 1 fully saturated rings. The van der Waals surface area contributed by atoms with Crippen molar-refractivity contribution in [2.24, 2.45) is 5.41 Å². The van der Waals surface area contributed by atoms with Crippen molar-refractivity contribution in [3.8, 4) is 12.1 Å². The third-order valence-corrected chi connectivity index (χ3v) is 3.24. The maximum Gasteiger partial charge on any atom is 0.231 e. The molecule has 0 aromatic carbocycles. The number of nitrogens with one attached hydrogen (secondary N) is 1. The van der Waals surface area contributed by atoms with Crippen molar-refractivity contribution in [3.05, 3.63) is 0 Å². The maximum absolute atomic E-state index is 12.4. The Kier molecular flexibility index (Phi) is 4.93. The summed E-state index contributed by atoms with van der Waals surface area (Å²) < 4.78 is 0. The van der Waals surface area contributed by atoms with Crippen molar-refractivity contribution in [1.82, 2.24) is 10.2 Å². The predicted octanol–water partition coefficient (Wildman–Crippen LogP) is 0.642. The minimum absolute atomic E-state index is 0.00213. The van der Waals surface area contributed by atoms with Crippen molar-refractivity contribution < 1.29 is 4.79 Å². The van der Waals surface area contributed by atoms with Crippen LogP contribution in [0.25, 0.3) is 0 Å². The van der Waals surface area contributed by atoms with E-state index in [1.807, 2.05) is 19.1 Å². The second kappa shape index (κ2) is 6.22. The highest BCUT2D eigenvalue weighted by Crippen LogP contribution is 2.33. The van der Waals surface area contributed by atoms with Crippen LogP contribution in [0.2, 0.25) is 0 Å². The zero-order valence-corrected chi connectivity index (χ0v) is 10.2. The van der Waals surface area contributed by atoms with Gasteiger partial charge in [-0.25, -0.2) is 0 Å². The fraction of sp³-hybridized carbons (Fsp3) is 0.750. The van der Waals surface area contributed by atoms with Crippen molar-refractivity contribution in [1.29, 1.82) is 10.5 Å². The van der Waals surface area contributed by atoms with E-state index in [9.17, 15) is 4.79 Å². The molecule has 1 rings (SSSR count). The standard InChI is InChI=1S/C12H18N4O/c1-2-3-12(4-7-15-10-12)11(17)16(8-5-13)9-6-14/h15H,2-4,7-10H2,1H3. The SMILES string of the molecule is CCCC1(C(=O)N(CC#N)CC#N)CCNC1. The Hall–Kier alpha value is -1.59. The van der Waals surface area contributed by atoms with Gasteiger partial charge in [-0.1, -0.05) is 13.3 Å². The number of amides is 1. The molecule has 0 bridgehead atoms. The third kappa shape index (κ3) is 2.95. The normalized spacial score (nSPS) is 22.8. The summed E-state index contributed by atoms with van der Waals surface area (Å²) in [5.41, 5.74) is -0.400. The maximum atomic E-state index is 12.4. The molecule has 92 valence electrons. The van der Waals surface area contributed by atoms with Crippen LogP contribution in [-0.4, -0.2) is 37.0 Å². The van der Waals surface area contributed by atoms with Gasteiger partial charge in [-0.3, -0.25) is 4.79 Å².